The van der Waals surface area contributed by atoms with Gasteiger partial charge in [-0.15, -0.1) is 0 Å². The smallest absolute Gasteiger partial charge is 0.0812 e. The Morgan fingerprint density at radius 1 is 1.14 bits per heavy atom. The molecule has 0 amide bonds. The third-order valence-corrected chi connectivity index (χ3v) is 4.73. The second kappa shape index (κ2) is 2.96. The molecule has 0 radical (unpaired) electrons. The largest absolute Gasteiger partial charge is 0.295 e. The Labute approximate surface area is 86.6 Å². The first-order chi connectivity index (χ1) is 6.74. The molecule has 3 fully saturated rings. The van der Waals surface area contributed by atoms with Crippen LogP contribution in [0.5, 0.6) is 0 Å². The van der Waals surface area contributed by atoms with Gasteiger partial charge in [0.15, 0.2) is 0 Å². The molecule has 2 aliphatic heterocycles. The molecule has 14 heavy (non-hydrogen) atoms. The van der Waals surface area contributed by atoms with Gasteiger partial charge in [-0.1, -0.05) is 6.42 Å². The zero-order chi connectivity index (χ0) is 9.76. The average Bonchev–Trinajstić information content (AvgIpc) is 2.65. The van der Waals surface area contributed by atoms with Gasteiger partial charge in [-0.2, -0.15) is 5.06 Å². The van der Waals surface area contributed by atoms with Gasteiger partial charge in [0.1, 0.15) is 0 Å². The van der Waals surface area contributed by atoms with E-state index >= 15 is 0 Å². The summed E-state index contributed by atoms with van der Waals surface area (Å²) in [5.41, 5.74) is 0.455. The van der Waals surface area contributed by atoms with Gasteiger partial charge in [0.05, 0.1) is 11.6 Å². The molecule has 0 bridgehead atoms. The van der Waals surface area contributed by atoms with Crippen LogP contribution >= 0.6 is 0 Å². The maximum atomic E-state index is 6.07. The van der Waals surface area contributed by atoms with Gasteiger partial charge >= 0.3 is 0 Å². The predicted molar refractivity (Wildman–Crippen MR) is 55.8 cm³/mol. The molecule has 0 aromatic heterocycles. The fourth-order valence-electron chi connectivity index (χ4n) is 4.17. The molecule has 2 heteroatoms. The summed E-state index contributed by atoms with van der Waals surface area (Å²) in [6.07, 6.45) is 8.77. The van der Waals surface area contributed by atoms with Gasteiger partial charge in [-0.3, -0.25) is 4.84 Å². The van der Waals surface area contributed by atoms with Crippen LogP contribution in [-0.4, -0.2) is 22.7 Å². The first-order valence-corrected chi connectivity index (χ1v) is 6.20. The van der Waals surface area contributed by atoms with E-state index in [1.54, 1.807) is 0 Å². The molecule has 4 atom stereocenters. The molecule has 3 rings (SSSR count). The summed E-state index contributed by atoms with van der Waals surface area (Å²) in [5, 5.41) is 2.39. The molecule has 2 saturated heterocycles. The van der Waals surface area contributed by atoms with Gasteiger partial charge in [0, 0.05) is 12.0 Å². The molecule has 80 valence electrons. The summed E-state index contributed by atoms with van der Waals surface area (Å²) in [6, 6.07) is 0.647. The minimum absolute atomic E-state index is 0.455. The van der Waals surface area contributed by atoms with Crippen LogP contribution in [0.3, 0.4) is 0 Å². The lowest BCUT2D eigenvalue weighted by Gasteiger charge is -2.44. The number of hydrogen-bond donors (Lipinski definition) is 0. The topological polar surface area (TPSA) is 12.5 Å². The summed E-state index contributed by atoms with van der Waals surface area (Å²) in [5.74, 6) is 0.824. The third kappa shape index (κ3) is 0.989. The molecule has 0 aromatic carbocycles. The van der Waals surface area contributed by atoms with Crippen LogP contribution in [0.4, 0.5) is 0 Å². The summed E-state index contributed by atoms with van der Waals surface area (Å²) >= 11 is 0. The highest BCUT2D eigenvalue weighted by Gasteiger charge is 2.58. The minimum Gasteiger partial charge on any atom is -0.295 e. The van der Waals surface area contributed by atoms with Crippen LogP contribution in [0.25, 0.3) is 0 Å². The Kier molecular flexibility index (Phi) is 1.94. The fraction of sp³-hybridized carbons (Fsp3) is 1.00. The molecule has 2 nitrogen and oxygen atoms in total. The Morgan fingerprint density at radius 3 is 2.64 bits per heavy atom. The van der Waals surface area contributed by atoms with Gasteiger partial charge < -0.3 is 0 Å². The van der Waals surface area contributed by atoms with Crippen molar-refractivity contribution >= 4 is 0 Å². The molecule has 0 aromatic rings. The summed E-state index contributed by atoms with van der Waals surface area (Å²) < 4.78 is 0. The Bertz CT molecular complexity index is 242. The highest BCUT2D eigenvalue weighted by molar-refractivity contribution is 5.07. The predicted octanol–water partition coefficient (Wildman–Crippen LogP) is 2.73. The highest BCUT2D eigenvalue weighted by Crippen LogP contribution is 2.54. The summed E-state index contributed by atoms with van der Waals surface area (Å²) in [7, 11) is 0. The number of hydroxylamine groups is 2. The monoisotopic (exact) mass is 195 g/mol. The highest BCUT2D eigenvalue weighted by atomic mass is 16.7. The first kappa shape index (κ1) is 9.17. The zero-order valence-corrected chi connectivity index (χ0v) is 9.33. The second-order valence-corrected chi connectivity index (χ2v) is 5.48. The van der Waals surface area contributed by atoms with Crippen LogP contribution in [0.15, 0.2) is 0 Å². The normalized spacial score (nSPS) is 53.1. The van der Waals surface area contributed by atoms with E-state index in [1.165, 1.54) is 38.5 Å². The van der Waals surface area contributed by atoms with Crippen molar-refractivity contribution in [3.63, 3.8) is 0 Å². The van der Waals surface area contributed by atoms with Crippen molar-refractivity contribution in [3.8, 4) is 0 Å². The van der Waals surface area contributed by atoms with E-state index in [9.17, 15) is 0 Å². The van der Waals surface area contributed by atoms with Gasteiger partial charge in [0.25, 0.3) is 0 Å². The van der Waals surface area contributed by atoms with Crippen LogP contribution in [0.1, 0.15) is 52.4 Å². The van der Waals surface area contributed by atoms with Crippen molar-refractivity contribution < 1.29 is 4.84 Å². The van der Waals surface area contributed by atoms with Crippen LogP contribution < -0.4 is 0 Å². The van der Waals surface area contributed by atoms with Gasteiger partial charge in [0.2, 0.25) is 0 Å². The van der Waals surface area contributed by atoms with E-state index in [2.05, 4.69) is 18.9 Å². The lowest BCUT2D eigenvalue weighted by Crippen LogP contribution is -2.51. The molecule has 2 heterocycles. The minimum atomic E-state index is 0.455. The number of rotatable bonds is 0. The SMILES string of the molecule is C[C@@H]1CCC[C@@]23CCC[C@@H]2[C@@H](C)ON13. The third-order valence-electron chi connectivity index (χ3n) is 4.73. The van der Waals surface area contributed by atoms with Gasteiger partial charge in [-0.25, -0.2) is 0 Å². The molecule has 1 aliphatic carbocycles. The number of nitrogens with zero attached hydrogens (tertiary/aromatic N) is 1. The van der Waals surface area contributed by atoms with E-state index in [0.717, 1.165) is 5.92 Å². The maximum Gasteiger partial charge on any atom is 0.0812 e. The number of hydrogen-bond acceptors (Lipinski definition) is 2. The average molecular weight is 195 g/mol. The fourth-order valence-corrected chi connectivity index (χ4v) is 4.17. The standard InChI is InChI=1S/C12H21NO/c1-9-5-3-7-12-8-4-6-11(12)10(2)14-13(9)12/h9-11H,3-8H2,1-2H3/t9-,10-,11-,12-/m1/s1. The van der Waals surface area contributed by atoms with Crippen molar-refractivity contribution in [1.29, 1.82) is 0 Å². The quantitative estimate of drug-likeness (QED) is 0.589. The molecule has 3 aliphatic rings. The molecular weight excluding hydrogens is 174 g/mol. The van der Waals surface area contributed by atoms with Crippen molar-refractivity contribution in [2.45, 2.75) is 70.1 Å². The van der Waals surface area contributed by atoms with E-state index in [4.69, 9.17) is 4.84 Å². The maximum absolute atomic E-state index is 6.07. The first-order valence-electron chi connectivity index (χ1n) is 6.20. The Morgan fingerprint density at radius 2 is 1.86 bits per heavy atom. The van der Waals surface area contributed by atoms with Gasteiger partial charge in [-0.05, 0) is 46.0 Å². The van der Waals surface area contributed by atoms with Crippen LogP contribution in [0.2, 0.25) is 0 Å². The zero-order valence-electron chi connectivity index (χ0n) is 9.33. The van der Waals surface area contributed by atoms with E-state index in [1.807, 2.05) is 0 Å². The van der Waals surface area contributed by atoms with Crippen molar-refractivity contribution in [2.24, 2.45) is 5.92 Å². The second-order valence-electron chi connectivity index (χ2n) is 5.48. The van der Waals surface area contributed by atoms with E-state index in [0.29, 0.717) is 17.7 Å². The molecule has 1 spiro atoms. The van der Waals surface area contributed by atoms with Crippen LogP contribution in [-0.2, 0) is 4.84 Å². The lowest BCUT2D eigenvalue weighted by molar-refractivity contribution is -0.222. The molecule has 0 unspecified atom stereocenters. The molecule has 0 N–H and O–H groups in total. The summed E-state index contributed by atoms with van der Waals surface area (Å²) in [4.78, 5) is 6.07. The van der Waals surface area contributed by atoms with Crippen molar-refractivity contribution in [2.75, 3.05) is 0 Å². The van der Waals surface area contributed by atoms with E-state index < -0.39 is 0 Å². The Balaban J connectivity index is 1.95. The lowest BCUT2D eigenvalue weighted by atomic mass is 9.77. The van der Waals surface area contributed by atoms with Crippen LogP contribution in [0, 0.1) is 5.92 Å². The van der Waals surface area contributed by atoms with E-state index in [-0.39, 0.29) is 0 Å². The van der Waals surface area contributed by atoms with Crippen molar-refractivity contribution in [1.82, 2.24) is 5.06 Å². The Hall–Kier alpha value is -0.0800. The molecular formula is C12H21NO. The number of piperidine rings is 1. The van der Waals surface area contributed by atoms with Crippen molar-refractivity contribution in [3.05, 3.63) is 0 Å². The summed E-state index contributed by atoms with van der Waals surface area (Å²) in [6.45, 7) is 4.59. The molecule has 1 saturated carbocycles.